The molecule has 10 heavy (non-hydrogen) atoms. The fraction of sp³-hybridized carbons (Fsp3) is 0.625. The molecule has 0 heterocycles. The van der Waals surface area contributed by atoms with E-state index in [9.17, 15) is 0 Å². The van der Waals surface area contributed by atoms with Crippen molar-refractivity contribution >= 4 is 23.1 Å². The summed E-state index contributed by atoms with van der Waals surface area (Å²) in [7, 11) is 0. The van der Waals surface area contributed by atoms with Crippen LogP contribution < -0.4 is 17.0 Å². The van der Waals surface area contributed by atoms with Gasteiger partial charge in [0.25, 0.3) is 0 Å². The van der Waals surface area contributed by atoms with Crippen molar-refractivity contribution in [2.75, 3.05) is 0 Å². The summed E-state index contributed by atoms with van der Waals surface area (Å²) in [6, 6.07) is 0. The van der Waals surface area contributed by atoms with Gasteiger partial charge < -0.3 is 23.9 Å². The van der Waals surface area contributed by atoms with Gasteiger partial charge in [-0.3, -0.25) is 0 Å². The van der Waals surface area contributed by atoms with Gasteiger partial charge in [0.05, 0.1) is 0 Å². The van der Waals surface area contributed by atoms with Crippen LogP contribution in [0.25, 0.3) is 0 Å². The molecule has 0 aliphatic carbocycles. The summed E-state index contributed by atoms with van der Waals surface area (Å²) in [5.41, 5.74) is 0. The Morgan fingerprint density at radius 2 is 1.90 bits per heavy atom. The molecule has 0 bridgehead atoms. The van der Waals surface area contributed by atoms with E-state index in [1.165, 1.54) is 12.8 Å². The third-order valence-electron chi connectivity index (χ3n) is 0.979. The molecule has 0 atom stereocenters. The molecule has 0 aromatic rings. The second-order valence-corrected chi connectivity index (χ2v) is 1.74. The summed E-state index contributed by atoms with van der Waals surface area (Å²) in [6.07, 6.45) is 4.52. The molecule has 0 saturated carbocycles. The predicted octanol–water partition coefficient (Wildman–Crippen LogP) is -0.973. The number of hydrogen-bond acceptors (Lipinski definition) is 0. The standard InChI is InChI=1S/C8H13.BrH.Mg/c1-3-5-7-8-6-4-2;;/h1,3,5,7-8H2,2H3;1H;/q-1;;+2/p-1. The van der Waals surface area contributed by atoms with Crippen LogP contribution in [0.15, 0.2) is 0 Å². The summed E-state index contributed by atoms with van der Waals surface area (Å²) in [4.78, 5) is 0. The Bertz CT molecular complexity index is 91.2. The number of unbranched alkanes of at least 4 members (excludes halogenated alkanes) is 3. The second-order valence-electron chi connectivity index (χ2n) is 1.74. The fourth-order valence-corrected chi connectivity index (χ4v) is 0.515. The van der Waals surface area contributed by atoms with Crippen molar-refractivity contribution in [2.45, 2.75) is 32.6 Å². The van der Waals surface area contributed by atoms with Gasteiger partial charge in [-0.15, -0.1) is 11.8 Å². The Morgan fingerprint density at radius 1 is 1.30 bits per heavy atom. The van der Waals surface area contributed by atoms with E-state index in [4.69, 9.17) is 0 Å². The SMILES string of the molecule is [Br-].[CH2-]CCCCC#CC.[Mg+2]. The van der Waals surface area contributed by atoms with Gasteiger partial charge in [0.15, 0.2) is 0 Å². The second kappa shape index (κ2) is 16.4. The Morgan fingerprint density at radius 3 is 2.30 bits per heavy atom. The Balaban J connectivity index is -0.000000245. The van der Waals surface area contributed by atoms with Gasteiger partial charge in [-0.2, -0.15) is 6.42 Å². The Labute approximate surface area is 91.1 Å². The number of hydrogen-bond donors (Lipinski definition) is 0. The minimum atomic E-state index is 0. The van der Waals surface area contributed by atoms with Gasteiger partial charge in [-0.05, 0) is 13.3 Å². The van der Waals surface area contributed by atoms with E-state index in [2.05, 4.69) is 18.8 Å². The van der Waals surface area contributed by atoms with E-state index in [1.54, 1.807) is 0 Å². The molecule has 0 spiro atoms. The molecule has 0 saturated heterocycles. The van der Waals surface area contributed by atoms with Crippen molar-refractivity contribution in [1.82, 2.24) is 0 Å². The van der Waals surface area contributed by atoms with Crippen LogP contribution in [0.1, 0.15) is 32.6 Å². The fourth-order valence-electron chi connectivity index (χ4n) is 0.515. The van der Waals surface area contributed by atoms with Crippen LogP contribution in [0.3, 0.4) is 0 Å². The molecular formula is C8H13BrMg. The van der Waals surface area contributed by atoms with E-state index in [0.29, 0.717) is 0 Å². The largest absolute Gasteiger partial charge is 2.00 e. The third-order valence-corrected chi connectivity index (χ3v) is 0.979. The van der Waals surface area contributed by atoms with Gasteiger partial charge in [0.2, 0.25) is 0 Å². The molecule has 0 radical (unpaired) electrons. The van der Waals surface area contributed by atoms with Gasteiger partial charge >= 0.3 is 23.1 Å². The van der Waals surface area contributed by atoms with Gasteiger partial charge in [-0.25, -0.2) is 0 Å². The minimum Gasteiger partial charge on any atom is -1.00 e. The first-order valence-electron chi connectivity index (χ1n) is 3.10. The molecule has 54 valence electrons. The van der Waals surface area contributed by atoms with Crippen molar-refractivity contribution in [3.05, 3.63) is 6.92 Å². The summed E-state index contributed by atoms with van der Waals surface area (Å²) in [6.45, 7) is 5.61. The van der Waals surface area contributed by atoms with Crippen LogP contribution in [-0.2, 0) is 0 Å². The van der Waals surface area contributed by atoms with E-state index >= 15 is 0 Å². The van der Waals surface area contributed by atoms with Crippen molar-refractivity contribution in [2.24, 2.45) is 0 Å². The average Bonchev–Trinajstić information content (AvgIpc) is 1.81. The molecular weight excluding hydrogens is 200 g/mol. The summed E-state index contributed by atoms with van der Waals surface area (Å²) < 4.78 is 0. The zero-order chi connectivity index (χ0) is 6.24. The molecule has 0 N–H and O–H groups in total. The average molecular weight is 213 g/mol. The van der Waals surface area contributed by atoms with Crippen molar-refractivity contribution < 1.29 is 17.0 Å². The molecule has 0 aliphatic rings. The van der Waals surface area contributed by atoms with Crippen molar-refractivity contribution in [3.63, 3.8) is 0 Å². The van der Waals surface area contributed by atoms with Gasteiger partial charge in [0.1, 0.15) is 0 Å². The first kappa shape index (κ1) is 17.1. The maximum absolute atomic E-state index is 3.74. The van der Waals surface area contributed by atoms with E-state index in [1.807, 2.05) is 6.92 Å². The molecule has 0 amide bonds. The summed E-state index contributed by atoms with van der Waals surface area (Å²) in [5, 5.41) is 0. The first-order valence-corrected chi connectivity index (χ1v) is 3.10. The zero-order valence-electron chi connectivity index (χ0n) is 6.62. The topological polar surface area (TPSA) is 0 Å². The Hall–Kier alpha value is 0.806. The predicted molar refractivity (Wildman–Crippen MR) is 43.0 cm³/mol. The van der Waals surface area contributed by atoms with Crippen LogP contribution >= 0.6 is 0 Å². The maximum Gasteiger partial charge on any atom is 2.00 e. The molecule has 0 aromatic heterocycles. The number of rotatable bonds is 3. The molecule has 0 fully saturated rings. The van der Waals surface area contributed by atoms with Gasteiger partial charge in [-0.1, -0.05) is 6.42 Å². The monoisotopic (exact) mass is 212 g/mol. The van der Waals surface area contributed by atoms with E-state index < -0.39 is 0 Å². The van der Waals surface area contributed by atoms with Crippen molar-refractivity contribution in [3.8, 4) is 11.8 Å². The van der Waals surface area contributed by atoms with Crippen LogP contribution in [0.4, 0.5) is 0 Å². The van der Waals surface area contributed by atoms with Gasteiger partial charge in [0, 0.05) is 6.42 Å². The Kier molecular flexibility index (Phi) is 28.0. The molecule has 0 aliphatic heterocycles. The molecule has 0 aromatic carbocycles. The third kappa shape index (κ3) is 15.9. The van der Waals surface area contributed by atoms with Crippen LogP contribution in [-0.4, -0.2) is 23.1 Å². The maximum atomic E-state index is 3.74. The summed E-state index contributed by atoms with van der Waals surface area (Å²) in [5.74, 6) is 5.86. The van der Waals surface area contributed by atoms with Crippen molar-refractivity contribution in [1.29, 1.82) is 0 Å². The zero-order valence-corrected chi connectivity index (χ0v) is 9.62. The molecule has 0 unspecified atom stereocenters. The van der Waals surface area contributed by atoms with Crippen LogP contribution in [0, 0.1) is 18.8 Å². The normalized spacial score (nSPS) is 6.20. The van der Waals surface area contributed by atoms with Crippen LogP contribution in [0.2, 0.25) is 0 Å². The molecule has 0 nitrogen and oxygen atoms in total. The quantitative estimate of drug-likeness (QED) is 0.245. The summed E-state index contributed by atoms with van der Waals surface area (Å²) >= 11 is 0. The smallest absolute Gasteiger partial charge is 1.00 e. The molecule has 0 rings (SSSR count). The van der Waals surface area contributed by atoms with E-state index in [-0.39, 0.29) is 40.0 Å². The first-order chi connectivity index (χ1) is 3.91. The number of halogens is 1. The van der Waals surface area contributed by atoms with E-state index in [0.717, 1.165) is 12.8 Å². The minimum absolute atomic E-state index is 0. The van der Waals surface area contributed by atoms with Crippen LogP contribution in [0.5, 0.6) is 0 Å². The molecule has 2 heteroatoms.